The van der Waals surface area contributed by atoms with Crippen LogP contribution >= 0.6 is 23.1 Å². The first-order valence-corrected chi connectivity index (χ1v) is 14.1. The number of hydrogen-bond acceptors (Lipinski definition) is 6. The molecule has 0 radical (unpaired) electrons. The molecular weight excluding hydrogens is 481 g/mol. The van der Waals surface area contributed by atoms with Crippen LogP contribution in [0.5, 0.6) is 0 Å². The molecule has 0 bridgehead atoms. The first-order chi connectivity index (χ1) is 16.3. The van der Waals surface area contributed by atoms with Gasteiger partial charge in [0.25, 0.3) is 5.91 Å². The molecule has 186 valence electrons. The number of anilines is 2. The molecule has 2 aliphatic rings. The molecule has 2 fully saturated rings. The van der Waals surface area contributed by atoms with E-state index in [0.717, 1.165) is 75.5 Å². The van der Waals surface area contributed by atoms with Gasteiger partial charge in [0.15, 0.2) is 0 Å². The van der Waals surface area contributed by atoms with Crippen molar-refractivity contribution in [1.29, 1.82) is 0 Å². The van der Waals surface area contributed by atoms with Gasteiger partial charge in [0.1, 0.15) is 5.69 Å². The number of likely N-dealkylation sites (tertiary alicyclic amines) is 1. The Morgan fingerprint density at radius 2 is 1.94 bits per heavy atom. The highest BCUT2D eigenvalue weighted by molar-refractivity contribution is 7.98. The highest BCUT2D eigenvalue weighted by Gasteiger charge is 2.32. The van der Waals surface area contributed by atoms with Crippen molar-refractivity contribution < 1.29 is 18.0 Å². The Hall–Kier alpha value is -1.78. The van der Waals surface area contributed by atoms with E-state index in [9.17, 15) is 18.0 Å². The van der Waals surface area contributed by atoms with Crippen LogP contribution in [0, 0.1) is 0 Å². The van der Waals surface area contributed by atoms with E-state index in [1.807, 2.05) is 16.7 Å². The van der Waals surface area contributed by atoms with E-state index in [1.54, 1.807) is 5.38 Å². The molecule has 1 amide bonds. The molecule has 2 saturated heterocycles. The van der Waals surface area contributed by atoms with Crippen molar-refractivity contribution in [3.8, 4) is 0 Å². The van der Waals surface area contributed by atoms with Crippen LogP contribution in [-0.2, 0) is 6.18 Å². The summed E-state index contributed by atoms with van der Waals surface area (Å²) in [6.45, 7) is 4.72. The number of nitrogens with zero attached hydrogens (tertiary/aromatic N) is 3. The van der Waals surface area contributed by atoms with Gasteiger partial charge < -0.3 is 15.1 Å². The van der Waals surface area contributed by atoms with E-state index in [4.69, 9.17) is 0 Å². The summed E-state index contributed by atoms with van der Waals surface area (Å²) in [5.41, 5.74) is 0.319. The Balaban J connectivity index is 1.43. The number of rotatable bonds is 8. The summed E-state index contributed by atoms with van der Waals surface area (Å²) in [6.07, 6.45) is 2.85. The van der Waals surface area contributed by atoms with Crippen molar-refractivity contribution in [3.05, 3.63) is 39.8 Å². The predicted octanol–water partition coefficient (Wildman–Crippen LogP) is 5.95. The van der Waals surface area contributed by atoms with Gasteiger partial charge in [-0.1, -0.05) is 0 Å². The van der Waals surface area contributed by atoms with E-state index in [0.29, 0.717) is 11.6 Å². The normalized spacial score (nSPS) is 17.9. The van der Waals surface area contributed by atoms with Crippen molar-refractivity contribution in [2.24, 2.45) is 0 Å². The Morgan fingerprint density at radius 3 is 2.62 bits per heavy atom. The van der Waals surface area contributed by atoms with Gasteiger partial charge in [0, 0.05) is 24.4 Å². The van der Waals surface area contributed by atoms with Gasteiger partial charge in [-0.3, -0.25) is 4.79 Å². The molecule has 0 aliphatic carbocycles. The molecule has 0 unspecified atom stereocenters. The zero-order valence-electron chi connectivity index (χ0n) is 19.4. The van der Waals surface area contributed by atoms with Crippen LogP contribution < -0.4 is 10.2 Å². The van der Waals surface area contributed by atoms with E-state index >= 15 is 0 Å². The Morgan fingerprint density at radius 1 is 1.21 bits per heavy atom. The Bertz CT molecular complexity index is 967. The smallest absolute Gasteiger partial charge is 0.370 e. The lowest BCUT2D eigenvalue weighted by Crippen LogP contribution is -2.33. The number of halogens is 3. The number of carbonyl (C=O) groups excluding carboxylic acids is 1. The fourth-order valence-corrected chi connectivity index (χ4v) is 6.04. The van der Waals surface area contributed by atoms with Gasteiger partial charge in [0.05, 0.1) is 21.9 Å². The van der Waals surface area contributed by atoms with Crippen LogP contribution in [0.3, 0.4) is 0 Å². The number of thioether (sulfide) groups is 1. The number of aromatic nitrogens is 1. The quantitative estimate of drug-likeness (QED) is 0.443. The third-order valence-corrected chi connectivity index (χ3v) is 8.24. The standard InChI is InChI=1S/C24H31F3N4OS2/c1-33-14-4-9-30-12-7-17(8-13-30)23-29-20(16-34-23)22(32)28-19-15-18(24(25,26)27)5-6-21(19)31-10-2-3-11-31/h5-6,15-17H,2-4,7-14H2,1H3,(H,28,32). The molecule has 5 nitrogen and oxygen atoms in total. The summed E-state index contributed by atoms with van der Waals surface area (Å²) in [5, 5.41) is 5.38. The fourth-order valence-electron chi connectivity index (χ4n) is 4.65. The molecule has 1 aromatic carbocycles. The van der Waals surface area contributed by atoms with Crippen LogP contribution in [0.15, 0.2) is 23.6 Å². The summed E-state index contributed by atoms with van der Waals surface area (Å²) in [6, 6.07) is 3.58. The van der Waals surface area contributed by atoms with Crippen molar-refractivity contribution >= 4 is 40.4 Å². The van der Waals surface area contributed by atoms with Crippen molar-refractivity contribution in [2.75, 3.05) is 54.9 Å². The average Bonchev–Trinajstić information content (AvgIpc) is 3.52. The summed E-state index contributed by atoms with van der Waals surface area (Å²) in [7, 11) is 0. The summed E-state index contributed by atoms with van der Waals surface area (Å²) >= 11 is 3.34. The molecule has 34 heavy (non-hydrogen) atoms. The summed E-state index contributed by atoms with van der Waals surface area (Å²) in [4.78, 5) is 22.0. The van der Waals surface area contributed by atoms with Crippen LogP contribution in [0.25, 0.3) is 0 Å². The van der Waals surface area contributed by atoms with Crippen molar-refractivity contribution in [2.45, 2.75) is 44.2 Å². The molecular formula is C24H31F3N4OS2. The summed E-state index contributed by atoms with van der Waals surface area (Å²) in [5.74, 6) is 1.05. The molecule has 2 aliphatic heterocycles. The molecule has 4 rings (SSSR count). The third kappa shape index (κ3) is 6.26. The fraction of sp³-hybridized carbons (Fsp3) is 0.583. The molecule has 1 aromatic heterocycles. The minimum atomic E-state index is -4.47. The number of alkyl halides is 3. The lowest BCUT2D eigenvalue weighted by molar-refractivity contribution is -0.137. The molecule has 3 heterocycles. The lowest BCUT2D eigenvalue weighted by Gasteiger charge is -2.30. The monoisotopic (exact) mass is 512 g/mol. The van der Waals surface area contributed by atoms with E-state index < -0.39 is 17.6 Å². The van der Waals surface area contributed by atoms with Gasteiger partial charge in [0.2, 0.25) is 0 Å². The summed E-state index contributed by atoms with van der Waals surface area (Å²) < 4.78 is 40.0. The van der Waals surface area contributed by atoms with Crippen LogP contribution in [0.1, 0.15) is 59.1 Å². The van der Waals surface area contributed by atoms with Crippen LogP contribution in [0.4, 0.5) is 24.5 Å². The molecule has 2 aromatic rings. The first-order valence-electron chi connectivity index (χ1n) is 11.8. The zero-order chi connectivity index (χ0) is 24.1. The van der Waals surface area contributed by atoms with Crippen molar-refractivity contribution in [3.63, 3.8) is 0 Å². The molecule has 0 saturated carbocycles. The number of hydrogen-bond donors (Lipinski definition) is 1. The number of benzene rings is 1. The topological polar surface area (TPSA) is 48.5 Å². The molecule has 0 spiro atoms. The number of amides is 1. The number of carbonyl (C=O) groups is 1. The molecule has 1 N–H and O–H groups in total. The van der Waals surface area contributed by atoms with E-state index in [-0.39, 0.29) is 11.4 Å². The van der Waals surface area contributed by atoms with Gasteiger partial charge in [-0.05, 0) is 81.9 Å². The number of nitrogens with one attached hydrogen (secondary N) is 1. The Labute approximate surface area is 207 Å². The second kappa shape index (κ2) is 11.3. The molecule has 0 atom stereocenters. The van der Waals surface area contributed by atoms with Gasteiger partial charge in [-0.25, -0.2) is 4.98 Å². The molecule has 10 heteroatoms. The average molecular weight is 513 g/mol. The van der Waals surface area contributed by atoms with Crippen LogP contribution in [0.2, 0.25) is 0 Å². The van der Waals surface area contributed by atoms with Gasteiger partial charge in [-0.15, -0.1) is 11.3 Å². The van der Waals surface area contributed by atoms with Gasteiger partial charge in [-0.2, -0.15) is 24.9 Å². The zero-order valence-corrected chi connectivity index (χ0v) is 21.0. The van der Waals surface area contributed by atoms with Crippen LogP contribution in [-0.4, -0.2) is 60.5 Å². The highest BCUT2D eigenvalue weighted by Crippen LogP contribution is 2.37. The second-order valence-corrected chi connectivity index (χ2v) is 10.8. The maximum atomic E-state index is 13.3. The van der Waals surface area contributed by atoms with E-state index in [1.165, 1.54) is 29.6 Å². The third-order valence-electron chi connectivity index (χ3n) is 6.53. The number of thiazole rings is 1. The maximum absolute atomic E-state index is 13.3. The largest absolute Gasteiger partial charge is 0.416 e. The second-order valence-electron chi connectivity index (χ2n) is 8.91. The van der Waals surface area contributed by atoms with Crippen molar-refractivity contribution in [1.82, 2.24) is 9.88 Å². The minimum absolute atomic E-state index is 0.190. The lowest BCUT2D eigenvalue weighted by atomic mass is 9.97. The highest BCUT2D eigenvalue weighted by atomic mass is 32.2. The van der Waals surface area contributed by atoms with Gasteiger partial charge >= 0.3 is 6.18 Å². The first kappa shape index (κ1) is 25.3. The number of piperidine rings is 1. The minimum Gasteiger partial charge on any atom is -0.370 e. The Kier molecular flexibility index (Phi) is 8.42. The maximum Gasteiger partial charge on any atom is 0.416 e. The SMILES string of the molecule is CSCCCN1CCC(c2nc(C(=O)Nc3cc(C(F)(F)F)ccc3N3CCCC3)cs2)CC1. The predicted molar refractivity (Wildman–Crippen MR) is 134 cm³/mol. The van der Waals surface area contributed by atoms with E-state index in [2.05, 4.69) is 21.5 Å².